The predicted octanol–water partition coefficient (Wildman–Crippen LogP) is 4.10. The first-order chi connectivity index (χ1) is 11.1. The Bertz CT molecular complexity index is 879. The van der Waals surface area contributed by atoms with Crippen molar-refractivity contribution in [3.63, 3.8) is 0 Å². The van der Waals surface area contributed by atoms with E-state index in [2.05, 4.69) is 4.72 Å². The number of thiophene rings is 1. The maximum absolute atomic E-state index is 12.0. The highest BCUT2D eigenvalue weighted by molar-refractivity contribution is 7.92. The summed E-state index contributed by atoms with van der Waals surface area (Å²) in [6.07, 6.45) is 1.56. The second-order valence-electron chi connectivity index (χ2n) is 4.82. The van der Waals surface area contributed by atoms with E-state index in [0.717, 1.165) is 21.6 Å². The molecular weight excluding hydrogens is 330 g/mol. The van der Waals surface area contributed by atoms with Crippen molar-refractivity contribution in [2.45, 2.75) is 6.54 Å². The van der Waals surface area contributed by atoms with E-state index >= 15 is 0 Å². The minimum atomic E-state index is -3.51. The molecular formula is C17H15NO3S2. The number of benzene rings is 1. The van der Waals surface area contributed by atoms with Gasteiger partial charge in [0.05, 0.1) is 11.4 Å². The van der Waals surface area contributed by atoms with Crippen LogP contribution in [-0.2, 0) is 16.6 Å². The Morgan fingerprint density at radius 3 is 2.61 bits per heavy atom. The highest BCUT2D eigenvalue weighted by Gasteiger charge is 2.09. The molecule has 1 N–H and O–H groups in total. The van der Waals surface area contributed by atoms with E-state index in [0.29, 0.717) is 5.76 Å². The molecule has 2 aromatic heterocycles. The molecule has 0 spiro atoms. The van der Waals surface area contributed by atoms with E-state index in [4.69, 9.17) is 4.42 Å². The summed E-state index contributed by atoms with van der Waals surface area (Å²) in [5.41, 5.74) is 0.829. The number of sulfonamides is 1. The van der Waals surface area contributed by atoms with Gasteiger partial charge in [-0.3, -0.25) is 0 Å². The monoisotopic (exact) mass is 345 g/mol. The van der Waals surface area contributed by atoms with Gasteiger partial charge in [-0.25, -0.2) is 13.1 Å². The number of hydrogen-bond acceptors (Lipinski definition) is 4. The van der Waals surface area contributed by atoms with Crippen LogP contribution in [0, 0.1) is 0 Å². The molecule has 3 rings (SSSR count). The van der Waals surface area contributed by atoms with E-state index in [1.54, 1.807) is 23.5 Å². The summed E-state index contributed by atoms with van der Waals surface area (Å²) >= 11 is 1.58. The van der Waals surface area contributed by atoms with Gasteiger partial charge in [-0.05, 0) is 35.2 Å². The molecule has 4 nitrogen and oxygen atoms in total. The van der Waals surface area contributed by atoms with Crippen LogP contribution in [0.3, 0.4) is 0 Å². The largest absolute Gasteiger partial charge is 0.459 e. The fourth-order valence-corrected chi connectivity index (χ4v) is 3.44. The van der Waals surface area contributed by atoms with Gasteiger partial charge in [-0.15, -0.1) is 11.3 Å². The third-order valence-corrected chi connectivity index (χ3v) is 5.04. The summed E-state index contributed by atoms with van der Waals surface area (Å²) in [4.78, 5) is 1.02. The second-order valence-corrected chi connectivity index (χ2v) is 7.42. The maximum atomic E-state index is 12.0. The quantitative estimate of drug-likeness (QED) is 0.732. The maximum Gasteiger partial charge on any atom is 0.234 e. The lowest BCUT2D eigenvalue weighted by Crippen LogP contribution is -2.20. The first kappa shape index (κ1) is 15.7. The van der Waals surface area contributed by atoms with Crippen molar-refractivity contribution in [1.82, 2.24) is 4.72 Å². The van der Waals surface area contributed by atoms with Crippen LogP contribution < -0.4 is 4.72 Å². The Morgan fingerprint density at radius 2 is 1.87 bits per heavy atom. The molecule has 0 saturated heterocycles. The Hall–Kier alpha value is -2.15. The summed E-state index contributed by atoms with van der Waals surface area (Å²) in [6.45, 7) is 0.118. The molecule has 0 bridgehead atoms. The zero-order valence-electron chi connectivity index (χ0n) is 12.2. The topological polar surface area (TPSA) is 59.3 Å². The van der Waals surface area contributed by atoms with Gasteiger partial charge in [0.15, 0.2) is 0 Å². The molecule has 0 unspecified atom stereocenters. The van der Waals surface area contributed by atoms with Crippen molar-refractivity contribution < 1.29 is 12.8 Å². The third-order valence-electron chi connectivity index (χ3n) is 3.11. The van der Waals surface area contributed by atoms with E-state index in [-0.39, 0.29) is 6.54 Å². The van der Waals surface area contributed by atoms with Crippen molar-refractivity contribution >= 4 is 27.4 Å². The number of rotatable bonds is 6. The predicted molar refractivity (Wildman–Crippen MR) is 93.3 cm³/mol. The fourth-order valence-electron chi connectivity index (χ4n) is 1.98. The SMILES string of the molecule is O=S(=O)(C=Cc1ccccc1)NCc1ccc(-c2cccs2)o1. The van der Waals surface area contributed by atoms with Gasteiger partial charge in [0.25, 0.3) is 0 Å². The van der Waals surface area contributed by atoms with Crippen LogP contribution in [0.5, 0.6) is 0 Å². The molecule has 2 heterocycles. The smallest absolute Gasteiger partial charge is 0.234 e. The van der Waals surface area contributed by atoms with Crippen LogP contribution >= 0.6 is 11.3 Å². The average molecular weight is 345 g/mol. The molecule has 6 heteroatoms. The summed E-state index contributed by atoms with van der Waals surface area (Å²) in [5.74, 6) is 1.32. The number of hydrogen-bond donors (Lipinski definition) is 1. The highest BCUT2D eigenvalue weighted by atomic mass is 32.2. The van der Waals surface area contributed by atoms with Crippen LogP contribution in [0.15, 0.2) is 69.8 Å². The zero-order chi connectivity index (χ0) is 16.1. The first-order valence-electron chi connectivity index (χ1n) is 6.98. The van der Waals surface area contributed by atoms with Gasteiger partial charge in [0.2, 0.25) is 10.0 Å². The normalized spacial score (nSPS) is 12.0. The molecule has 0 fully saturated rings. The van der Waals surface area contributed by atoms with Gasteiger partial charge in [-0.1, -0.05) is 36.4 Å². The van der Waals surface area contributed by atoms with E-state index in [1.807, 2.05) is 53.9 Å². The number of nitrogens with one attached hydrogen (secondary N) is 1. The lowest BCUT2D eigenvalue weighted by atomic mass is 10.2. The van der Waals surface area contributed by atoms with E-state index in [1.165, 1.54) is 0 Å². The second kappa shape index (κ2) is 6.95. The Labute approximate surface area is 139 Å². The Balaban J connectivity index is 1.62. The van der Waals surface area contributed by atoms with Crippen molar-refractivity contribution in [3.8, 4) is 10.6 Å². The zero-order valence-corrected chi connectivity index (χ0v) is 13.8. The van der Waals surface area contributed by atoms with Gasteiger partial charge in [0.1, 0.15) is 11.5 Å². The standard InChI is InChI=1S/C17H15NO3S2/c19-23(20,12-10-14-5-2-1-3-6-14)18-13-15-8-9-16(21-15)17-7-4-11-22-17/h1-12,18H,13H2. The molecule has 3 aromatic rings. The van der Waals surface area contributed by atoms with Crippen LogP contribution in [0.2, 0.25) is 0 Å². The van der Waals surface area contributed by atoms with Crippen molar-refractivity contribution in [2.24, 2.45) is 0 Å². The van der Waals surface area contributed by atoms with Gasteiger partial charge >= 0.3 is 0 Å². The molecule has 0 atom stereocenters. The van der Waals surface area contributed by atoms with E-state index < -0.39 is 10.0 Å². The van der Waals surface area contributed by atoms with Crippen LogP contribution in [0.1, 0.15) is 11.3 Å². The first-order valence-corrected chi connectivity index (χ1v) is 9.40. The van der Waals surface area contributed by atoms with Crippen LogP contribution in [0.25, 0.3) is 16.7 Å². The fraction of sp³-hybridized carbons (Fsp3) is 0.0588. The van der Waals surface area contributed by atoms with Crippen LogP contribution in [-0.4, -0.2) is 8.42 Å². The average Bonchev–Trinajstić information content (AvgIpc) is 3.23. The van der Waals surface area contributed by atoms with Gasteiger partial charge in [-0.2, -0.15) is 0 Å². The van der Waals surface area contributed by atoms with Crippen LogP contribution in [0.4, 0.5) is 0 Å². The third kappa shape index (κ3) is 4.41. The molecule has 0 radical (unpaired) electrons. The Kier molecular flexibility index (Phi) is 4.76. The lowest BCUT2D eigenvalue weighted by molar-refractivity contribution is 0.512. The highest BCUT2D eigenvalue weighted by Crippen LogP contribution is 2.26. The molecule has 0 aliphatic carbocycles. The molecule has 23 heavy (non-hydrogen) atoms. The summed E-state index contributed by atoms with van der Waals surface area (Å²) in [6, 6.07) is 16.8. The molecule has 1 aromatic carbocycles. The molecule has 0 aliphatic heterocycles. The van der Waals surface area contributed by atoms with Crippen molar-refractivity contribution in [1.29, 1.82) is 0 Å². The van der Waals surface area contributed by atoms with Crippen molar-refractivity contribution in [2.75, 3.05) is 0 Å². The summed E-state index contributed by atoms with van der Waals surface area (Å²) in [5, 5.41) is 3.13. The molecule has 0 aliphatic rings. The minimum absolute atomic E-state index is 0.118. The Morgan fingerprint density at radius 1 is 1.04 bits per heavy atom. The molecule has 118 valence electrons. The van der Waals surface area contributed by atoms with E-state index in [9.17, 15) is 8.42 Å². The minimum Gasteiger partial charge on any atom is -0.459 e. The number of furan rings is 1. The van der Waals surface area contributed by atoms with Gasteiger partial charge < -0.3 is 4.42 Å². The summed E-state index contributed by atoms with van der Waals surface area (Å²) in [7, 11) is -3.51. The summed E-state index contributed by atoms with van der Waals surface area (Å²) < 4.78 is 32.1. The molecule has 0 saturated carbocycles. The lowest BCUT2D eigenvalue weighted by Gasteiger charge is -2.00. The van der Waals surface area contributed by atoms with Gasteiger partial charge in [0, 0.05) is 5.41 Å². The van der Waals surface area contributed by atoms with Crippen molar-refractivity contribution in [3.05, 3.63) is 76.7 Å². The molecule has 0 amide bonds.